The summed E-state index contributed by atoms with van der Waals surface area (Å²) in [5.41, 5.74) is 0.582. The molecule has 0 saturated heterocycles. The highest BCUT2D eigenvalue weighted by Gasteiger charge is 2.23. The molecule has 0 aliphatic heterocycles. The Morgan fingerprint density at radius 1 is 0.941 bits per heavy atom. The summed E-state index contributed by atoms with van der Waals surface area (Å²) in [6, 6.07) is 10.9. The van der Waals surface area contributed by atoms with E-state index < -0.39 is 0 Å². The summed E-state index contributed by atoms with van der Waals surface area (Å²) < 4.78 is 0. The van der Waals surface area contributed by atoms with Crippen LogP contribution in [0.1, 0.15) is 6.42 Å². The maximum atomic E-state index is 2.33. The Morgan fingerprint density at radius 2 is 1.71 bits per heavy atom. The molecule has 0 heterocycles. The molecule has 0 bridgehead atoms. The molecule has 0 nitrogen and oxygen atoms in total. The monoisotopic (exact) mass is 238 g/mol. The molecule has 1 unspecified atom stereocenters. The van der Waals surface area contributed by atoms with Crippen LogP contribution in [0.2, 0.25) is 0 Å². The lowest BCUT2D eigenvalue weighted by Gasteiger charge is -2.23. The highest BCUT2D eigenvalue weighted by atomic mass is 31.1. The minimum Gasteiger partial charge on any atom is -0.0801 e. The van der Waals surface area contributed by atoms with Gasteiger partial charge in [-0.15, -0.1) is 0 Å². The Bertz CT molecular complexity index is 494. The van der Waals surface area contributed by atoms with Crippen molar-refractivity contribution in [3.05, 3.63) is 78.2 Å². The Labute approximate surface area is 104 Å². The quantitative estimate of drug-likeness (QED) is 0.694. The van der Waals surface area contributed by atoms with Crippen LogP contribution in [0.4, 0.5) is 0 Å². The molecule has 3 rings (SSSR count). The molecule has 0 N–H and O–H groups in total. The van der Waals surface area contributed by atoms with Gasteiger partial charge < -0.3 is 0 Å². The maximum Gasteiger partial charge on any atom is 0.0234 e. The molecule has 1 aromatic carbocycles. The van der Waals surface area contributed by atoms with E-state index in [0.29, 0.717) is 5.66 Å². The van der Waals surface area contributed by atoms with Gasteiger partial charge in [-0.05, 0) is 25.0 Å². The lowest BCUT2D eigenvalue weighted by molar-refractivity contribution is 1.36. The second-order valence-electron chi connectivity index (χ2n) is 4.26. The molecule has 0 fully saturated rings. The average Bonchev–Trinajstić information content (AvgIpc) is 3.04. The van der Waals surface area contributed by atoms with E-state index in [-0.39, 0.29) is 7.92 Å². The number of rotatable bonds is 3. The number of hydrogen-bond acceptors (Lipinski definition) is 0. The molecule has 2 aliphatic rings. The van der Waals surface area contributed by atoms with Gasteiger partial charge in [0.05, 0.1) is 0 Å². The van der Waals surface area contributed by atoms with Gasteiger partial charge in [-0.25, -0.2) is 0 Å². The van der Waals surface area contributed by atoms with Gasteiger partial charge in [0.2, 0.25) is 0 Å². The molecule has 17 heavy (non-hydrogen) atoms. The highest BCUT2D eigenvalue weighted by Crippen LogP contribution is 2.53. The van der Waals surface area contributed by atoms with Crippen LogP contribution in [0.25, 0.3) is 0 Å². The van der Waals surface area contributed by atoms with Crippen molar-refractivity contribution in [1.29, 1.82) is 0 Å². The molecule has 1 atom stereocenters. The second kappa shape index (κ2) is 4.85. The van der Waals surface area contributed by atoms with Crippen molar-refractivity contribution >= 4 is 13.2 Å². The first-order chi connectivity index (χ1) is 8.45. The fraction of sp³-hybridized carbons (Fsp3) is 0.125. The molecule has 2 aliphatic carbocycles. The largest absolute Gasteiger partial charge is 0.0801 e. The van der Waals surface area contributed by atoms with Crippen molar-refractivity contribution < 1.29 is 0 Å². The zero-order valence-electron chi connectivity index (χ0n) is 9.66. The summed E-state index contributed by atoms with van der Waals surface area (Å²) in [4.78, 5) is 0. The van der Waals surface area contributed by atoms with E-state index >= 15 is 0 Å². The highest BCUT2D eigenvalue weighted by molar-refractivity contribution is 7.70. The van der Waals surface area contributed by atoms with Crippen molar-refractivity contribution in [2.75, 3.05) is 0 Å². The van der Waals surface area contributed by atoms with E-state index in [1.807, 2.05) is 0 Å². The summed E-state index contributed by atoms with van der Waals surface area (Å²) in [5, 5.41) is 3.08. The first kappa shape index (κ1) is 10.7. The second-order valence-corrected chi connectivity index (χ2v) is 6.68. The fourth-order valence-electron chi connectivity index (χ4n) is 2.32. The van der Waals surface area contributed by atoms with Gasteiger partial charge in [0.15, 0.2) is 0 Å². The molecule has 84 valence electrons. The third kappa shape index (κ3) is 2.18. The molecule has 0 saturated carbocycles. The lowest BCUT2D eigenvalue weighted by atomic mass is 10.4. The molecular weight excluding hydrogens is 223 g/mol. The van der Waals surface area contributed by atoms with Gasteiger partial charge in [-0.1, -0.05) is 72.9 Å². The van der Waals surface area contributed by atoms with E-state index in [4.69, 9.17) is 0 Å². The van der Waals surface area contributed by atoms with E-state index in [9.17, 15) is 0 Å². The first-order valence-corrected chi connectivity index (χ1v) is 7.41. The molecule has 0 radical (unpaired) electrons. The van der Waals surface area contributed by atoms with Crippen molar-refractivity contribution in [1.82, 2.24) is 0 Å². The van der Waals surface area contributed by atoms with Crippen molar-refractivity contribution in [3.63, 3.8) is 0 Å². The Morgan fingerprint density at radius 3 is 2.35 bits per heavy atom. The number of allylic oxidation sites excluding steroid dienone is 8. The summed E-state index contributed by atoms with van der Waals surface area (Å²) in [6.07, 6.45) is 16.9. The average molecular weight is 238 g/mol. The Kier molecular flexibility index (Phi) is 3.07. The number of hydrogen-bond donors (Lipinski definition) is 0. The molecule has 1 heteroatoms. The Hall–Kier alpha value is -1.39. The minimum absolute atomic E-state index is 0.233. The first-order valence-electron chi connectivity index (χ1n) is 6.00. The van der Waals surface area contributed by atoms with Crippen LogP contribution in [0.5, 0.6) is 0 Å². The van der Waals surface area contributed by atoms with Crippen molar-refractivity contribution in [2.24, 2.45) is 0 Å². The van der Waals surface area contributed by atoms with Crippen LogP contribution in [0, 0.1) is 0 Å². The van der Waals surface area contributed by atoms with Crippen molar-refractivity contribution in [3.8, 4) is 0 Å². The van der Waals surface area contributed by atoms with E-state index in [1.165, 1.54) is 5.30 Å². The summed E-state index contributed by atoms with van der Waals surface area (Å²) in [5.74, 6) is 0. The van der Waals surface area contributed by atoms with Crippen molar-refractivity contribution in [2.45, 2.75) is 12.1 Å². The Balaban J connectivity index is 1.96. The predicted molar refractivity (Wildman–Crippen MR) is 76.9 cm³/mol. The summed E-state index contributed by atoms with van der Waals surface area (Å²) in [6.45, 7) is 0. The van der Waals surface area contributed by atoms with Gasteiger partial charge in [-0.2, -0.15) is 0 Å². The van der Waals surface area contributed by atoms with Crippen LogP contribution < -0.4 is 5.30 Å². The fourth-order valence-corrected chi connectivity index (χ4v) is 4.97. The third-order valence-electron chi connectivity index (χ3n) is 3.12. The predicted octanol–water partition coefficient (Wildman–Crippen LogP) is 4.13. The molecule has 0 spiro atoms. The normalized spacial score (nSPS) is 19.9. The summed E-state index contributed by atoms with van der Waals surface area (Å²) >= 11 is 0. The minimum atomic E-state index is -0.233. The van der Waals surface area contributed by atoms with Crippen LogP contribution >= 0.6 is 7.92 Å². The smallest absolute Gasteiger partial charge is 0.0234 e. The van der Waals surface area contributed by atoms with Crippen LogP contribution in [0.15, 0.2) is 78.2 Å². The summed E-state index contributed by atoms with van der Waals surface area (Å²) in [7, 11) is -0.233. The van der Waals surface area contributed by atoms with E-state index in [0.717, 1.165) is 6.42 Å². The third-order valence-corrected chi connectivity index (χ3v) is 5.87. The van der Waals surface area contributed by atoms with E-state index in [1.54, 1.807) is 5.31 Å². The maximum absolute atomic E-state index is 2.33. The van der Waals surface area contributed by atoms with Crippen LogP contribution in [-0.2, 0) is 0 Å². The van der Waals surface area contributed by atoms with Gasteiger partial charge in [0.1, 0.15) is 0 Å². The number of benzene rings is 1. The molecule has 0 aromatic heterocycles. The van der Waals surface area contributed by atoms with Crippen LogP contribution in [0.3, 0.4) is 0 Å². The standard InChI is InChI=1S/C16H15P/c1-2-8-14(9-3-1)17(15-10-4-5-11-15)16-12-6-7-13-16/h1-12,15H,13H2. The zero-order valence-corrected chi connectivity index (χ0v) is 10.6. The SMILES string of the molecule is C1=CCC(P(c2ccccc2)C2C=CC=C2)=C1. The van der Waals surface area contributed by atoms with Gasteiger partial charge in [0, 0.05) is 5.66 Å². The zero-order chi connectivity index (χ0) is 11.5. The van der Waals surface area contributed by atoms with Gasteiger partial charge in [0.25, 0.3) is 0 Å². The molecule has 1 aromatic rings. The lowest BCUT2D eigenvalue weighted by Crippen LogP contribution is -2.09. The molecule has 0 amide bonds. The van der Waals surface area contributed by atoms with Gasteiger partial charge >= 0.3 is 0 Å². The topological polar surface area (TPSA) is 0 Å². The van der Waals surface area contributed by atoms with Gasteiger partial charge in [-0.3, -0.25) is 0 Å². The van der Waals surface area contributed by atoms with E-state index in [2.05, 4.69) is 72.9 Å². The molecular formula is C16H15P. The van der Waals surface area contributed by atoms with Crippen LogP contribution in [-0.4, -0.2) is 5.66 Å².